The van der Waals surface area contributed by atoms with E-state index >= 15 is 0 Å². The molecule has 1 atom stereocenters. The van der Waals surface area contributed by atoms with Gasteiger partial charge >= 0.3 is 0 Å². The third kappa shape index (κ3) is 0.875. The second-order valence-electron chi connectivity index (χ2n) is 2.60. The van der Waals surface area contributed by atoms with Crippen LogP contribution in [0.15, 0.2) is 12.0 Å². The van der Waals surface area contributed by atoms with Crippen LogP contribution in [0, 0.1) is 0 Å². The van der Waals surface area contributed by atoms with Crippen molar-refractivity contribution >= 4 is 5.78 Å². The van der Waals surface area contributed by atoms with E-state index in [1.165, 1.54) is 6.08 Å². The molecule has 56 valence electrons. The van der Waals surface area contributed by atoms with Gasteiger partial charge in [0.2, 0.25) is 5.78 Å². The van der Waals surface area contributed by atoms with Crippen molar-refractivity contribution in [2.75, 3.05) is 0 Å². The lowest BCUT2D eigenvalue weighted by atomic mass is 9.99. The van der Waals surface area contributed by atoms with Gasteiger partial charge in [-0.2, -0.15) is 0 Å². The highest BCUT2D eigenvalue weighted by Crippen LogP contribution is 2.24. The standard InChI is InChI=1S/C7H11NO2/c1-3-7(2)5(9)4-6(8)10-7/h4H,3,8H2,1-2H3/t7-/m1/s1. The molecule has 0 amide bonds. The summed E-state index contributed by atoms with van der Waals surface area (Å²) < 4.78 is 5.10. The van der Waals surface area contributed by atoms with Crippen molar-refractivity contribution in [3.8, 4) is 0 Å². The maximum Gasteiger partial charge on any atom is 0.204 e. The SMILES string of the molecule is CC[C@@]1(C)OC(N)=CC1=O. The highest BCUT2D eigenvalue weighted by atomic mass is 16.5. The molecule has 1 rings (SSSR count). The fourth-order valence-corrected chi connectivity index (χ4v) is 0.868. The Morgan fingerprint density at radius 3 is 2.60 bits per heavy atom. The normalized spacial score (nSPS) is 31.8. The third-order valence-electron chi connectivity index (χ3n) is 1.81. The van der Waals surface area contributed by atoms with Gasteiger partial charge in [-0.05, 0) is 13.3 Å². The minimum Gasteiger partial charge on any atom is -0.465 e. The maximum absolute atomic E-state index is 11.1. The van der Waals surface area contributed by atoms with Crippen LogP contribution < -0.4 is 5.73 Å². The average Bonchev–Trinajstić information content (AvgIpc) is 2.09. The Hall–Kier alpha value is -0.990. The van der Waals surface area contributed by atoms with E-state index in [1.807, 2.05) is 6.92 Å². The molecule has 0 saturated heterocycles. The van der Waals surface area contributed by atoms with E-state index in [9.17, 15) is 4.79 Å². The predicted octanol–water partition coefficient (Wildman–Crippen LogP) is 0.555. The summed E-state index contributed by atoms with van der Waals surface area (Å²) in [7, 11) is 0. The smallest absolute Gasteiger partial charge is 0.204 e. The van der Waals surface area contributed by atoms with Crippen LogP contribution in [0.2, 0.25) is 0 Å². The first-order valence-corrected chi connectivity index (χ1v) is 3.29. The minimum absolute atomic E-state index is 0.0347. The van der Waals surface area contributed by atoms with E-state index in [0.29, 0.717) is 6.42 Å². The van der Waals surface area contributed by atoms with E-state index in [1.54, 1.807) is 6.92 Å². The monoisotopic (exact) mass is 141 g/mol. The number of ketones is 1. The van der Waals surface area contributed by atoms with Crippen LogP contribution in [-0.4, -0.2) is 11.4 Å². The van der Waals surface area contributed by atoms with Gasteiger partial charge < -0.3 is 10.5 Å². The van der Waals surface area contributed by atoms with Gasteiger partial charge in [0.05, 0.1) is 0 Å². The molecule has 1 aliphatic heterocycles. The van der Waals surface area contributed by atoms with E-state index in [-0.39, 0.29) is 11.7 Å². The van der Waals surface area contributed by atoms with Crippen LogP contribution in [0.3, 0.4) is 0 Å². The van der Waals surface area contributed by atoms with Gasteiger partial charge in [0.15, 0.2) is 11.5 Å². The van der Waals surface area contributed by atoms with Gasteiger partial charge in [0.25, 0.3) is 0 Å². The summed E-state index contributed by atoms with van der Waals surface area (Å²) >= 11 is 0. The number of hydrogen-bond acceptors (Lipinski definition) is 3. The molecule has 0 unspecified atom stereocenters. The van der Waals surface area contributed by atoms with Gasteiger partial charge in [-0.15, -0.1) is 0 Å². The van der Waals surface area contributed by atoms with Crippen molar-refractivity contribution in [2.45, 2.75) is 25.9 Å². The lowest BCUT2D eigenvalue weighted by molar-refractivity contribution is -0.128. The Kier molecular flexibility index (Phi) is 1.43. The van der Waals surface area contributed by atoms with E-state index in [2.05, 4.69) is 0 Å². The number of ether oxygens (including phenoxy) is 1. The largest absolute Gasteiger partial charge is 0.465 e. The first-order valence-electron chi connectivity index (χ1n) is 3.29. The Labute approximate surface area is 59.8 Å². The second kappa shape index (κ2) is 2.01. The van der Waals surface area contributed by atoms with E-state index in [0.717, 1.165) is 0 Å². The van der Waals surface area contributed by atoms with Gasteiger partial charge in [0.1, 0.15) is 0 Å². The number of rotatable bonds is 1. The quantitative estimate of drug-likeness (QED) is 0.580. The van der Waals surface area contributed by atoms with Crippen molar-refractivity contribution in [2.24, 2.45) is 5.73 Å². The van der Waals surface area contributed by atoms with Crippen molar-refractivity contribution in [3.05, 3.63) is 12.0 Å². The van der Waals surface area contributed by atoms with Crippen LogP contribution >= 0.6 is 0 Å². The number of carbonyl (C=O) groups is 1. The summed E-state index contributed by atoms with van der Waals surface area (Å²) in [5.41, 5.74) is 4.60. The minimum atomic E-state index is -0.690. The Morgan fingerprint density at radius 1 is 1.80 bits per heavy atom. The maximum atomic E-state index is 11.1. The molecule has 3 nitrogen and oxygen atoms in total. The summed E-state index contributed by atoms with van der Waals surface area (Å²) in [6, 6.07) is 0. The van der Waals surface area contributed by atoms with Crippen LogP contribution in [0.4, 0.5) is 0 Å². The topological polar surface area (TPSA) is 52.3 Å². The summed E-state index contributed by atoms with van der Waals surface area (Å²) in [4.78, 5) is 11.1. The Morgan fingerprint density at radius 2 is 2.40 bits per heavy atom. The molecule has 0 bridgehead atoms. The fourth-order valence-electron chi connectivity index (χ4n) is 0.868. The molecular weight excluding hydrogens is 130 g/mol. The number of carbonyl (C=O) groups excluding carboxylic acids is 1. The van der Waals surface area contributed by atoms with E-state index < -0.39 is 5.60 Å². The zero-order valence-electron chi connectivity index (χ0n) is 6.18. The van der Waals surface area contributed by atoms with Crippen LogP contribution in [-0.2, 0) is 9.53 Å². The Bertz CT molecular complexity index is 198. The molecule has 1 heterocycles. The molecule has 0 fully saturated rings. The highest BCUT2D eigenvalue weighted by Gasteiger charge is 2.37. The zero-order chi connectivity index (χ0) is 7.78. The highest BCUT2D eigenvalue weighted by molar-refractivity contribution is 5.98. The van der Waals surface area contributed by atoms with Crippen molar-refractivity contribution < 1.29 is 9.53 Å². The summed E-state index contributed by atoms with van der Waals surface area (Å²) in [6.07, 6.45) is 1.99. The zero-order valence-corrected chi connectivity index (χ0v) is 6.18. The Balaban J connectivity index is 2.81. The van der Waals surface area contributed by atoms with Gasteiger partial charge in [0, 0.05) is 6.08 Å². The fraction of sp³-hybridized carbons (Fsp3) is 0.571. The molecule has 0 radical (unpaired) electrons. The first-order chi connectivity index (χ1) is 4.58. The first kappa shape index (κ1) is 7.12. The molecular formula is C7H11NO2. The molecule has 0 aromatic rings. The van der Waals surface area contributed by atoms with Gasteiger partial charge in [-0.3, -0.25) is 4.79 Å². The lowest BCUT2D eigenvalue weighted by Crippen LogP contribution is -2.31. The summed E-state index contributed by atoms with van der Waals surface area (Å²) in [5.74, 6) is 0.196. The lowest BCUT2D eigenvalue weighted by Gasteiger charge is -2.19. The van der Waals surface area contributed by atoms with Crippen molar-refractivity contribution in [1.29, 1.82) is 0 Å². The molecule has 0 aromatic carbocycles. The van der Waals surface area contributed by atoms with Crippen LogP contribution in [0.1, 0.15) is 20.3 Å². The van der Waals surface area contributed by atoms with Crippen molar-refractivity contribution in [3.63, 3.8) is 0 Å². The van der Waals surface area contributed by atoms with Gasteiger partial charge in [-0.1, -0.05) is 6.92 Å². The second-order valence-corrected chi connectivity index (χ2v) is 2.60. The van der Waals surface area contributed by atoms with Crippen molar-refractivity contribution in [1.82, 2.24) is 0 Å². The number of hydrogen-bond donors (Lipinski definition) is 1. The summed E-state index contributed by atoms with van der Waals surface area (Å²) in [5, 5.41) is 0. The third-order valence-corrected chi connectivity index (χ3v) is 1.81. The molecule has 2 N–H and O–H groups in total. The molecule has 0 aromatic heterocycles. The van der Waals surface area contributed by atoms with Crippen LogP contribution in [0.25, 0.3) is 0 Å². The van der Waals surface area contributed by atoms with Gasteiger partial charge in [-0.25, -0.2) is 0 Å². The average molecular weight is 141 g/mol. The molecule has 3 heteroatoms. The van der Waals surface area contributed by atoms with E-state index in [4.69, 9.17) is 10.5 Å². The molecule has 10 heavy (non-hydrogen) atoms. The predicted molar refractivity (Wildman–Crippen MR) is 37.1 cm³/mol. The molecule has 0 spiro atoms. The summed E-state index contributed by atoms with van der Waals surface area (Å²) in [6.45, 7) is 3.63. The molecule has 1 aliphatic rings. The molecule has 0 saturated carbocycles. The number of nitrogens with two attached hydrogens (primary N) is 1. The van der Waals surface area contributed by atoms with Crippen LogP contribution in [0.5, 0.6) is 0 Å². The molecule has 0 aliphatic carbocycles.